The summed E-state index contributed by atoms with van der Waals surface area (Å²) in [5, 5.41) is 8.26. The Bertz CT molecular complexity index is 800. The van der Waals surface area contributed by atoms with E-state index >= 15 is 0 Å². The van der Waals surface area contributed by atoms with Crippen molar-refractivity contribution in [2.24, 2.45) is 0 Å². The third-order valence-corrected chi connectivity index (χ3v) is 5.39. The molecule has 0 aliphatic carbocycles. The molecule has 2 heterocycles. The SMILES string of the molecule is CS(=O)(=O)c1ccc(CCC(=O)N2CC[C@H](n3nccn3)C2)cc1. The first-order valence-corrected chi connectivity index (χ1v) is 9.75. The molecule has 24 heavy (non-hydrogen) atoms. The van der Waals surface area contributed by atoms with Crippen LogP contribution in [-0.4, -0.2) is 53.6 Å². The average Bonchev–Trinajstić information content (AvgIpc) is 3.22. The molecule has 0 spiro atoms. The number of nitrogens with zero attached hydrogens (tertiary/aromatic N) is 4. The number of amides is 1. The summed E-state index contributed by atoms with van der Waals surface area (Å²) in [7, 11) is -3.18. The summed E-state index contributed by atoms with van der Waals surface area (Å²) >= 11 is 0. The lowest BCUT2D eigenvalue weighted by Gasteiger charge is -2.16. The molecule has 0 N–H and O–H groups in total. The largest absolute Gasteiger partial charge is 0.340 e. The summed E-state index contributed by atoms with van der Waals surface area (Å²) in [4.78, 5) is 16.1. The lowest BCUT2D eigenvalue weighted by Crippen LogP contribution is -2.29. The fourth-order valence-electron chi connectivity index (χ4n) is 2.88. The van der Waals surface area contributed by atoms with Crippen molar-refractivity contribution in [2.75, 3.05) is 19.3 Å². The van der Waals surface area contributed by atoms with E-state index in [9.17, 15) is 13.2 Å². The zero-order valence-electron chi connectivity index (χ0n) is 13.5. The molecule has 128 valence electrons. The van der Waals surface area contributed by atoms with Gasteiger partial charge in [0.1, 0.15) is 0 Å². The second kappa shape index (κ2) is 6.72. The van der Waals surface area contributed by atoms with Crippen LogP contribution in [0.4, 0.5) is 0 Å². The minimum atomic E-state index is -3.18. The number of aryl methyl sites for hydroxylation is 1. The van der Waals surface area contributed by atoms with Crippen LogP contribution in [0, 0.1) is 0 Å². The van der Waals surface area contributed by atoms with Gasteiger partial charge in [0.2, 0.25) is 5.91 Å². The molecule has 1 amide bonds. The fourth-order valence-corrected chi connectivity index (χ4v) is 3.51. The summed E-state index contributed by atoms with van der Waals surface area (Å²) in [6.07, 6.45) is 6.35. The van der Waals surface area contributed by atoms with Gasteiger partial charge in [0.05, 0.1) is 23.3 Å². The Kier molecular flexibility index (Phi) is 4.66. The smallest absolute Gasteiger partial charge is 0.222 e. The van der Waals surface area contributed by atoms with Crippen molar-refractivity contribution < 1.29 is 13.2 Å². The van der Waals surface area contributed by atoms with E-state index < -0.39 is 9.84 Å². The Morgan fingerprint density at radius 2 is 1.88 bits per heavy atom. The van der Waals surface area contributed by atoms with Gasteiger partial charge in [-0.15, -0.1) is 0 Å². The normalized spacial score (nSPS) is 18.0. The van der Waals surface area contributed by atoms with Gasteiger partial charge >= 0.3 is 0 Å². The van der Waals surface area contributed by atoms with Crippen LogP contribution in [0.2, 0.25) is 0 Å². The molecule has 0 unspecified atom stereocenters. The molecule has 0 radical (unpaired) electrons. The molecular weight excluding hydrogens is 328 g/mol. The van der Waals surface area contributed by atoms with Gasteiger partial charge in [0.15, 0.2) is 9.84 Å². The number of carbonyl (C=O) groups excluding carboxylic acids is 1. The van der Waals surface area contributed by atoms with Crippen LogP contribution in [0.15, 0.2) is 41.6 Å². The number of likely N-dealkylation sites (tertiary alicyclic amines) is 1. The number of benzene rings is 1. The minimum absolute atomic E-state index is 0.108. The van der Waals surface area contributed by atoms with Crippen molar-refractivity contribution in [1.82, 2.24) is 19.9 Å². The van der Waals surface area contributed by atoms with Gasteiger partial charge in [-0.2, -0.15) is 15.0 Å². The first-order valence-electron chi connectivity index (χ1n) is 7.86. The number of aromatic nitrogens is 3. The lowest BCUT2D eigenvalue weighted by atomic mass is 10.1. The van der Waals surface area contributed by atoms with Crippen molar-refractivity contribution in [1.29, 1.82) is 0 Å². The van der Waals surface area contributed by atoms with Crippen molar-refractivity contribution in [3.63, 3.8) is 0 Å². The van der Waals surface area contributed by atoms with E-state index in [1.165, 1.54) is 6.26 Å². The van der Waals surface area contributed by atoms with Gasteiger partial charge < -0.3 is 4.90 Å². The van der Waals surface area contributed by atoms with E-state index in [1.54, 1.807) is 41.5 Å². The van der Waals surface area contributed by atoms with Gasteiger partial charge in [-0.1, -0.05) is 12.1 Å². The molecule has 1 aromatic heterocycles. The predicted octanol–water partition coefficient (Wildman–Crippen LogP) is 1.09. The monoisotopic (exact) mass is 348 g/mol. The number of sulfone groups is 1. The Morgan fingerprint density at radius 3 is 2.50 bits per heavy atom. The number of hydrogen-bond acceptors (Lipinski definition) is 5. The molecule has 1 aliphatic rings. The molecule has 3 rings (SSSR count). The molecule has 1 atom stereocenters. The van der Waals surface area contributed by atoms with Crippen LogP contribution in [0.5, 0.6) is 0 Å². The van der Waals surface area contributed by atoms with E-state index in [0.717, 1.165) is 18.5 Å². The topological polar surface area (TPSA) is 85.2 Å². The van der Waals surface area contributed by atoms with E-state index in [1.807, 2.05) is 4.90 Å². The second-order valence-corrected chi connectivity index (χ2v) is 8.06. The van der Waals surface area contributed by atoms with Crippen LogP contribution in [-0.2, 0) is 21.1 Å². The van der Waals surface area contributed by atoms with Crippen LogP contribution in [0.3, 0.4) is 0 Å². The van der Waals surface area contributed by atoms with Gasteiger partial charge in [0, 0.05) is 25.8 Å². The van der Waals surface area contributed by atoms with Crippen molar-refractivity contribution in [2.45, 2.75) is 30.2 Å². The number of carbonyl (C=O) groups is 1. The van der Waals surface area contributed by atoms with Crippen molar-refractivity contribution in [3.8, 4) is 0 Å². The van der Waals surface area contributed by atoms with E-state index in [0.29, 0.717) is 24.3 Å². The van der Waals surface area contributed by atoms with Gasteiger partial charge in [-0.05, 0) is 30.5 Å². The number of hydrogen-bond donors (Lipinski definition) is 0. The predicted molar refractivity (Wildman–Crippen MR) is 88.1 cm³/mol. The van der Waals surface area contributed by atoms with Crippen LogP contribution >= 0.6 is 0 Å². The van der Waals surface area contributed by atoms with Gasteiger partial charge in [0.25, 0.3) is 0 Å². The summed E-state index contributed by atoms with van der Waals surface area (Å²) in [5.41, 5.74) is 0.959. The summed E-state index contributed by atoms with van der Waals surface area (Å²) in [5.74, 6) is 0.108. The Morgan fingerprint density at radius 1 is 1.21 bits per heavy atom. The maximum Gasteiger partial charge on any atom is 0.222 e. The molecule has 1 saturated heterocycles. The zero-order valence-corrected chi connectivity index (χ0v) is 14.3. The first-order chi connectivity index (χ1) is 11.4. The van der Waals surface area contributed by atoms with Crippen LogP contribution in [0.1, 0.15) is 24.4 Å². The highest BCUT2D eigenvalue weighted by atomic mass is 32.2. The molecule has 0 saturated carbocycles. The maximum atomic E-state index is 12.3. The lowest BCUT2D eigenvalue weighted by molar-refractivity contribution is -0.130. The molecule has 1 aromatic carbocycles. The summed E-state index contributed by atoms with van der Waals surface area (Å²) in [6, 6.07) is 6.86. The Balaban J connectivity index is 1.53. The van der Waals surface area contributed by atoms with Crippen molar-refractivity contribution in [3.05, 3.63) is 42.2 Å². The molecular formula is C16H20N4O3S. The Hall–Kier alpha value is -2.22. The third-order valence-electron chi connectivity index (χ3n) is 4.26. The van der Waals surface area contributed by atoms with E-state index in [2.05, 4.69) is 10.2 Å². The van der Waals surface area contributed by atoms with Crippen molar-refractivity contribution >= 4 is 15.7 Å². The highest BCUT2D eigenvalue weighted by Crippen LogP contribution is 2.21. The zero-order chi connectivity index (χ0) is 17.2. The molecule has 8 heteroatoms. The molecule has 1 aliphatic heterocycles. The highest BCUT2D eigenvalue weighted by Gasteiger charge is 2.27. The molecule has 7 nitrogen and oxygen atoms in total. The molecule has 0 bridgehead atoms. The average molecular weight is 348 g/mol. The molecule has 2 aromatic rings. The molecule has 1 fully saturated rings. The third kappa shape index (κ3) is 3.81. The second-order valence-electron chi connectivity index (χ2n) is 6.05. The fraction of sp³-hybridized carbons (Fsp3) is 0.438. The number of rotatable bonds is 5. The van der Waals surface area contributed by atoms with Gasteiger partial charge in [-0.3, -0.25) is 4.79 Å². The standard InChI is InChI=1S/C16H20N4O3S/c1-24(22,23)15-5-2-13(3-6-15)4-7-16(21)19-11-8-14(12-19)20-17-9-10-18-20/h2-3,5-6,9-10,14H,4,7-8,11-12H2,1H3/t14-/m0/s1. The maximum absolute atomic E-state index is 12.3. The first kappa shape index (κ1) is 16.6. The minimum Gasteiger partial charge on any atom is -0.340 e. The van der Waals surface area contributed by atoms with E-state index in [-0.39, 0.29) is 11.9 Å². The van der Waals surface area contributed by atoms with Gasteiger partial charge in [-0.25, -0.2) is 8.42 Å². The highest BCUT2D eigenvalue weighted by molar-refractivity contribution is 7.90. The van der Waals surface area contributed by atoms with Crippen LogP contribution in [0.25, 0.3) is 0 Å². The summed E-state index contributed by atoms with van der Waals surface area (Å²) in [6.45, 7) is 1.36. The quantitative estimate of drug-likeness (QED) is 0.807. The summed E-state index contributed by atoms with van der Waals surface area (Å²) < 4.78 is 22.9. The van der Waals surface area contributed by atoms with Crippen LogP contribution < -0.4 is 0 Å². The Labute approximate surface area is 141 Å². The van der Waals surface area contributed by atoms with E-state index in [4.69, 9.17) is 0 Å².